The van der Waals surface area contributed by atoms with E-state index in [1.807, 2.05) is 0 Å². The molecule has 0 bridgehead atoms. The van der Waals surface area contributed by atoms with Crippen molar-refractivity contribution in [2.24, 2.45) is 0 Å². The number of aromatic nitrogens is 1. The minimum atomic E-state index is -0.913. The maximum atomic E-state index is 12.1. The van der Waals surface area contributed by atoms with Crippen molar-refractivity contribution in [1.29, 1.82) is 0 Å². The number of nitrogens with one attached hydrogen (secondary N) is 2. The van der Waals surface area contributed by atoms with Crippen molar-refractivity contribution < 1.29 is 14.7 Å². The van der Waals surface area contributed by atoms with E-state index in [0.717, 1.165) is 12.8 Å². The van der Waals surface area contributed by atoms with E-state index in [2.05, 4.69) is 10.3 Å². The predicted molar refractivity (Wildman–Crippen MR) is 68.0 cm³/mol. The van der Waals surface area contributed by atoms with Gasteiger partial charge in [0.15, 0.2) is 0 Å². The number of H-pyrrole nitrogens is 1. The third kappa shape index (κ3) is 3.21. The molecule has 1 amide bonds. The van der Waals surface area contributed by atoms with Gasteiger partial charge in [0.1, 0.15) is 0 Å². The molecular formula is C13H16N2O4. The molecule has 6 heteroatoms. The van der Waals surface area contributed by atoms with Crippen molar-refractivity contribution in [1.82, 2.24) is 10.3 Å². The summed E-state index contributed by atoms with van der Waals surface area (Å²) in [6.07, 6.45) is 4.45. The number of aromatic amines is 1. The number of aliphatic carboxylic acids is 1. The molecule has 0 aromatic carbocycles. The lowest BCUT2D eigenvalue weighted by Gasteiger charge is -2.28. The molecule has 0 radical (unpaired) electrons. The minimum Gasteiger partial charge on any atom is -0.481 e. The van der Waals surface area contributed by atoms with Gasteiger partial charge in [-0.05, 0) is 18.9 Å². The molecule has 3 N–H and O–H groups in total. The summed E-state index contributed by atoms with van der Waals surface area (Å²) in [5.74, 6) is -1.26. The van der Waals surface area contributed by atoms with E-state index in [1.165, 1.54) is 18.3 Å². The van der Waals surface area contributed by atoms with Gasteiger partial charge in [-0.1, -0.05) is 12.8 Å². The molecule has 0 unspecified atom stereocenters. The second-order valence-electron chi connectivity index (χ2n) is 4.95. The fourth-order valence-electron chi connectivity index (χ4n) is 2.55. The Bertz CT molecular complexity index is 523. The van der Waals surface area contributed by atoms with Gasteiger partial charge in [-0.2, -0.15) is 0 Å². The molecule has 0 saturated heterocycles. The number of carboxylic acids is 1. The van der Waals surface area contributed by atoms with Gasteiger partial charge in [0, 0.05) is 12.3 Å². The van der Waals surface area contributed by atoms with Crippen LogP contribution in [0, 0.1) is 0 Å². The Balaban J connectivity index is 2.13. The highest BCUT2D eigenvalue weighted by atomic mass is 16.4. The molecule has 1 aliphatic carbocycles. The van der Waals surface area contributed by atoms with Crippen molar-refractivity contribution in [3.63, 3.8) is 0 Å². The van der Waals surface area contributed by atoms with Gasteiger partial charge in [0.2, 0.25) is 5.56 Å². The quantitative estimate of drug-likeness (QED) is 0.752. The standard InChI is InChI=1S/C13H16N2O4/c16-10-4-3-9(8-14-10)12(19)15-13(7-11(17)18)5-1-2-6-13/h3-4,8H,1-2,5-7H2,(H,14,16)(H,15,19)(H,17,18). The maximum Gasteiger partial charge on any atom is 0.305 e. The molecule has 6 nitrogen and oxygen atoms in total. The zero-order valence-electron chi connectivity index (χ0n) is 10.4. The topological polar surface area (TPSA) is 99.3 Å². The fraction of sp³-hybridized carbons (Fsp3) is 0.462. The van der Waals surface area contributed by atoms with E-state index in [1.54, 1.807) is 0 Å². The van der Waals surface area contributed by atoms with Crippen molar-refractivity contribution in [2.75, 3.05) is 0 Å². The largest absolute Gasteiger partial charge is 0.481 e. The van der Waals surface area contributed by atoms with Crippen LogP contribution < -0.4 is 10.9 Å². The Labute approximate surface area is 109 Å². The van der Waals surface area contributed by atoms with Gasteiger partial charge < -0.3 is 15.4 Å². The van der Waals surface area contributed by atoms with Gasteiger partial charge in [0.05, 0.1) is 17.5 Å². The molecular weight excluding hydrogens is 248 g/mol. The summed E-state index contributed by atoms with van der Waals surface area (Å²) >= 11 is 0. The van der Waals surface area contributed by atoms with Crippen LogP contribution in [0.25, 0.3) is 0 Å². The highest BCUT2D eigenvalue weighted by Gasteiger charge is 2.37. The molecule has 102 valence electrons. The van der Waals surface area contributed by atoms with E-state index in [-0.39, 0.29) is 17.9 Å². The third-order valence-corrected chi connectivity index (χ3v) is 3.48. The minimum absolute atomic E-state index is 0.0674. The highest BCUT2D eigenvalue weighted by molar-refractivity contribution is 5.94. The lowest BCUT2D eigenvalue weighted by atomic mass is 9.93. The zero-order chi connectivity index (χ0) is 13.9. The van der Waals surface area contributed by atoms with E-state index < -0.39 is 11.5 Å². The average Bonchev–Trinajstić information content (AvgIpc) is 2.77. The SMILES string of the molecule is O=C(O)CC1(NC(=O)c2ccc(=O)[nH]c2)CCCC1. The van der Waals surface area contributed by atoms with E-state index in [0.29, 0.717) is 18.4 Å². The Morgan fingerprint density at radius 1 is 1.32 bits per heavy atom. The molecule has 1 fully saturated rings. The lowest BCUT2D eigenvalue weighted by molar-refractivity contribution is -0.138. The number of hydrogen-bond donors (Lipinski definition) is 3. The van der Waals surface area contributed by atoms with Gasteiger partial charge in [-0.25, -0.2) is 0 Å². The smallest absolute Gasteiger partial charge is 0.305 e. The van der Waals surface area contributed by atoms with E-state index in [9.17, 15) is 14.4 Å². The Hall–Kier alpha value is -2.11. The van der Waals surface area contributed by atoms with Gasteiger partial charge in [-0.15, -0.1) is 0 Å². The monoisotopic (exact) mass is 264 g/mol. The Morgan fingerprint density at radius 2 is 2.00 bits per heavy atom. The summed E-state index contributed by atoms with van der Waals surface area (Å²) in [7, 11) is 0. The van der Waals surface area contributed by atoms with Crippen LogP contribution in [0.3, 0.4) is 0 Å². The summed E-state index contributed by atoms with van der Waals surface area (Å²) in [4.78, 5) is 36.4. The first kappa shape index (κ1) is 13.3. The molecule has 0 spiro atoms. The van der Waals surface area contributed by atoms with E-state index in [4.69, 9.17) is 5.11 Å². The van der Waals surface area contributed by atoms with Crippen LogP contribution in [0.1, 0.15) is 42.5 Å². The number of amides is 1. The molecule has 1 aromatic heterocycles. The molecule has 0 aliphatic heterocycles. The molecule has 1 aromatic rings. The summed E-state index contributed by atoms with van der Waals surface area (Å²) in [6, 6.07) is 2.70. The van der Waals surface area contributed by atoms with Crippen molar-refractivity contribution in [2.45, 2.75) is 37.6 Å². The maximum absolute atomic E-state index is 12.1. The second-order valence-corrected chi connectivity index (χ2v) is 4.95. The second kappa shape index (κ2) is 5.26. The van der Waals surface area contributed by atoms with Crippen LogP contribution >= 0.6 is 0 Å². The van der Waals surface area contributed by atoms with Crippen LogP contribution in [-0.2, 0) is 4.79 Å². The Morgan fingerprint density at radius 3 is 2.53 bits per heavy atom. The number of pyridine rings is 1. The molecule has 19 heavy (non-hydrogen) atoms. The Kier molecular flexibility index (Phi) is 3.69. The summed E-state index contributed by atoms with van der Waals surface area (Å²) in [5, 5.41) is 11.8. The van der Waals surface area contributed by atoms with Crippen molar-refractivity contribution >= 4 is 11.9 Å². The summed E-state index contributed by atoms with van der Waals surface area (Å²) < 4.78 is 0. The van der Waals surface area contributed by atoms with Crippen molar-refractivity contribution in [3.8, 4) is 0 Å². The zero-order valence-corrected chi connectivity index (χ0v) is 10.4. The molecule has 1 heterocycles. The lowest BCUT2D eigenvalue weighted by Crippen LogP contribution is -2.47. The first-order chi connectivity index (χ1) is 9.01. The molecule has 1 aliphatic rings. The van der Waals surface area contributed by atoms with Crippen LogP contribution in [-0.4, -0.2) is 27.5 Å². The highest BCUT2D eigenvalue weighted by Crippen LogP contribution is 2.32. The van der Waals surface area contributed by atoms with Gasteiger partial charge in [-0.3, -0.25) is 14.4 Å². The number of carbonyl (C=O) groups excluding carboxylic acids is 1. The van der Waals surface area contributed by atoms with Gasteiger partial charge in [0.25, 0.3) is 5.91 Å². The first-order valence-corrected chi connectivity index (χ1v) is 6.24. The number of hydrogen-bond acceptors (Lipinski definition) is 3. The van der Waals surface area contributed by atoms with Crippen LogP contribution in [0.4, 0.5) is 0 Å². The predicted octanol–water partition coefficient (Wildman–Crippen LogP) is 0.892. The molecule has 1 saturated carbocycles. The van der Waals surface area contributed by atoms with Crippen molar-refractivity contribution in [3.05, 3.63) is 34.2 Å². The van der Waals surface area contributed by atoms with Crippen LogP contribution in [0.15, 0.2) is 23.1 Å². The van der Waals surface area contributed by atoms with E-state index >= 15 is 0 Å². The molecule has 2 rings (SSSR count). The fourth-order valence-corrected chi connectivity index (χ4v) is 2.55. The third-order valence-electron chi connectivity index (χ3n) is 3.48. The normalized spacial score (nSPS) is 17.1. The van der Waals surface area contributed by atoms with Crippen LogP contribution in [0.2, 0.25) is 0 Å². The summed E-state index contributed by atoms with van der Waals surface area (Å²) in [5.41, 5.74) is -0.604. The number of carbonyl (C=O) groups is 2. The average molecular weight is 264 g/mol. The van der Waals surface area contributed by atoms with Crippen LogP contribution in [0.5, 0.6) is 0 Å². The first-order valence-electron chi connectivity index (χ1n) is 6.24. The molecule has 0 atom stereocenters. The van der Waals surface area contributed by atoms with Gasteiger partial charge >= 0.3 is 5.97 Å². The summed E-state index contributed by atoms with van der Waals surface area (Å²) in [6.45, 7) is 0. The number of rotatable bonds is 4. The number of carboxylic acid groups (broad SMARTS) is 1.